The largest absolute Gasteiger partial charge is 0.483 e. The van der Waals surface area contributed by atoms with Crippen molar-refractivity contribution >= 4 is 11.7 Å². The Morgan fingerprint density at radius 3 is 2.56 bits per heavy atom. The number of aromatic nitrogens is 2. The molecule has 0 aliphatic rings. The Balaban J connectivity index is 1.60. The molecule has 140 valence electrons. The summed E-state index contributed by atoms with van der Waals surface area (Å²) in [6.07, 6.45) is 2.70. The van der Waals surface area contributed by atoms with Crippen LogP contribution in [0.2, 0.25) is 0 Å². The molecule has 0 spiro atoms. The third-order valence-corrected chi connectivity index (χ3v) is 4.45. The highest BCUT2D eigenvalue weighted by molar-refractivity contribution is 5.91. The van der Waals surface area contributed by atoms with Crippen LogP contribution in [0.4, 0.5) is 5.82 Å². The zero-order valence-electron chi connectivity index (χ0n) is 16.0. The van der Waals surface area contributed by atoms with E-state index in [9.17, 15) is 4.79 Å². The van der Waals surface area contributed by atoms with Crippen LogP contribution in [0.1, 0.15) is 29.2 Å². The summed E-state index contributed by atoms with van der Waals surface area (Å²) < 4.78 is 7.44. The predicted molar refractivity (Wildman–Crippen MR) is 107 cm³/mol. The Morgan fingerprint density at radius 1 is 1.07 bits per heavy atom. The molecule has 3 rings (SSSR count). The highest BCUT2D eigenvalue weighted by Crippen LogP contribution is 2.19. The van der Waals surface area contributed by atoms with E-state index in [0.717, 1.165) is 28.9 Å². The number of anilines is 1. The molecule has 27 heavy (non-hydrogen) atoms. The highest BCUT2D eigenvalue weighted by atomic mass is 16.5. The third-order valence-electron chi connectivity index (χ3n) is 4.45. The lowest BCUT2D eigenvalue weighted by Gasteiger charge is -2.12. The van der Waals surface area contributed by atoms with Gasteiger partial charge in [-0.25, -0.2) is 4.68 Å². The summed E-state index contributed by atoms with van der Waals surface area (Å²) in [5.41, 5.74) is 4.55. The molecule has 0 radical (unpaired) electrons. The summed E-state index contributed by atoms with van der Waals surface area (Å²) in [5, 5.41) is 7.19. The number of nitrogens with one attached hydrogen (secondary N) is 1. The van der Waals surface area contributed by atoms with Gasteiger partial charge in [0.2, 0.25) is 0 Å². The number of carbonyl (C=O) groups is 1. The Morgan fingerprint density at radius 2 is 1.81 bits per heavy atom. The zero-order valence-corrected chi connectivity index (χ0v) is 16.0. The van der Waals surface area contributed by atoms with E-state index in [4.69, 9.17) is 4.74 Å². The van der Waals surface area contributed by atoms with Crippen molar-refractivity contribution in [1.29, 1.82) is 0 Å². The summed E-state index contributed by atoms with van der Waals surface area (Å²) in [4.78, 5) is 12.3. The first kappa shape index (κ1) is 18.7. The minimum Gasteiger partial charge on any atom is -0.483 e. The second-order valence-corrected chi connectivity index (χ2v) is 6.65. The summed E-state index contributed by atoms with van der Waals surface area (Å²) in [5.74, 6) is 1.18. The summed E-state index contributed by atoms with van der Waals surface area (Å²) in [6.45, 7) is 6.66. The van der Waals surface area contributed by atoms with Gasteiger partial charge in [0.1, 0.15) is 11.6 Å². The van der Waals surface area contributed by atoms with Crippen molar-refractivity contribution in [3.8, 4) is 5.75 Å². The fourth-order valence-corrected chi connectivity index (χ4v) is 2.80. The Labute approximate surface area is 160 Å². The second kappa shape index (κ2) is 8.54. The first-order valence-corrected chi connectivity index (χ1v) is 9.14. The number of nitrogens with zero attached hydrogens (tertiary/aromatic N) is 2. The van der Waals surface area contributed by atoms with Gasteiger partial charge in [-0.1, -0.05) is 43.3 Å². The molecule has 5 heteroatoms. The van der Waals surface area contributed by atoms with Gasteiger partial charge in [0.05, 0.1) is 12.7 Å². The van der Waals surface area contributed by atoms with Crippen molar-refractivity contribution in [3.05, 3.63) is 77.0 Å². The molecule has 0 atom stereocenters. The second-order valence-electron chi connectivity index (χ2n) is 6.65. The Bertz CT molecular complexity index is 914. The van der Waals surface area contributed by atoms with E-state index in [2.05, 4.69) is 41.6 Å². The van der Waals surface area contributed by atoms with E-state index in [1.807, 2.05) is 32.0 Å². The van der Waals surface area contributed by atoms with Crippen LogP contribution in [0.15, 0.2) is 54.7 Å². The molecule has 1 amide bonds. The summed E-state index contributed by atoms with van der Waals surface area (Å²) >= 11 is 0. The molecular formula is C22H25N3O2. The Hall–Kier alpha value is -3.08. The van der Waals surface area contributed by atoms with Crippen LogP contribution >= 0.6 is 0 Å². The lowest BCUT2D eigenvalue weighted by atomic mass is 10.1. The van der Waals surface area contributed by atoms with Gasteiger partial charge in [-0.3, -0.25) is 4.79 Å². The molecule has 0 unspecified atom stereocenters. The van der Waals surface area contributed by atoms with Crippen molar-refractivity contribution in [2.45, 2.75) is 33.7 Å². The van der Waals surface area contributed by atoms with Crippen molar-refractivity contribution < 1.29 is 9.53 Å². The van der Waals surface area contributed by atoms with Gasteiger partial charge in [0.25, 0.3) is 5.91 Å². The molecule has 5 nitrogen and oxygen atoms in total. The lowest BCUT2D eigenvalue weighted by Crippen LogP contribution is -2.22. The number of benzene rings is 2. The van der Waals surface area contributed by atoms with Crippen LogP contribution in [0.5, 0.6) is 5.75 Å². The zero-order chi connectivity index (χ0) is 19.2. The molecule has 0 fully saturated rings. The number of rotatable bonds is 7. The van der Waals surface area contributed by atoms with Crippen LogP contribution in [-0.4, -0.2) is 22.3 Å². The van der Waals surface area contributed by atoms with E-state index in [0.29, 0.717) is 12.4 Å². The van der Waals surface area contributed by atoms with Gasteiger partial charge in [-0.2, -0.15) is 5.10 Å². The van der Waals surface area contributed by atoms with Gasteiger partial charge in [-0.05, 0) is 48.6 Å². The molecule has 1 heterocycles. The average molecular weight is 363 g/mol. The molecule has 0 aliphatic heterocycles. The standard InChI is InChI=1S/C22H25N3O2/c1-4-18-7-9-19(10-8-18)14-25-21(11-12-23-25)24-22(26)15-27-20-13-16(2)5-6-17(20)3/h5-13H,4,14-15H2,1-3H3,(H,24,26). The van der Waals surface area contributed by atoms with E-state index < -0.39 is 0 Å². The molecule has 0 bridgehead atoms. The third kappa shape index (κ3) is 4.97. The molecule has 1 aromatic heterocycles. The molecule has 1 N–H and O–H groups in total. The van der Waals surface area contributed by atoms with Crippen molar-refractivity contribution in [3.63, 3.8) is 0 Å². The smallest absolute Gasteiger partial charge is 0.263 e. The average Bonchev–Trinajstić information content (AvgIpc) is 3.09. The normalized spacial score (nSPS) is 10.6. The van der Waals surface area contributed by atoms with Crippen LogP contribution in [0.3, 0.4) is 0 Å². The number of aryl methyl sites for hydroxylation is 3. The van der Waals surface area contributed by atoms with E-state index in [1.165, 1.54) is 5.56 Å². The number of hydrogen-bond donors (Lipinski definition) is 1. The molecule has 0 saturated heterocycles. The summed E-state index contributed by atoms with van der Waals surface area (Å²) in [6, 6.07) is 16.2. The monoisotopic (exact) mass is 363 g/mol. The van der Waals surface area contributed by atoms with Gasteiger partial charge in [0.15, 0.2) is 6.61 Å². The minimum absolute atomic E-state index is 0.0410. The van der Waals surface area contributed by atoms with Crippen molar-refractivity contribution in [1.82, 2.24) is 9.78 Å². The van der Waals surface area contributed by atoms with Crippen LogP contribution < -0.4 is 10.1 Å². The highest BCUT2D eigenvalue weighted by Gasteiger charge is 2.10. The summed E-state index contributed by atoms with van der Waals surface area (Å²) in [7, 11) is 0. The fraction of sp³-hybridized carbons (Fsp3) is 0.273. The molecule has 3 aromatic rings. The number of ether oxygens (including phenoxy) is 1. The quantitative estimate of drug-likeness (QED) is 0.687. The fourth-order valence-electron chi connectivity index (χ4n) is 2.80. The van der Waals surface area contributed by atoms with Gasteiger partial charge >= 0.3 is 0 Å². The van der Waals surface area contributed by atoms with E-state index in [1.54, 1.807) is 16.9 Å². The first-order chi connectivity index (χ1) is 13.0. The number of hydrogen-bond acceptors (Lipinski definition) is 3. The lowest BCUT2D eigenvalue weighted by molar-refractivity contribution is -0.118. The molecular weight excluding hydrogens is 338 g/mol. The molecule has 0 saturated carbocycles. The first-order valence-electron chi connectivity index (χ1n) is 9.14. The maximum absolute atomic E-state index is 12.3. The van der Waals surface area contributed by atoms with E-state index >= 15 is 0 Å². The van der Waals surface area contributed by atoms with E-state index in [-0.39, 0.29) is 12.5 Å². The SMILES string of the molecule is CCc1ccc(Cn2nccc2NC(=O)COc2cc(C)ccc2C)cc1. The Kier molecular flexibility index (Phi) is 5.91. The van der Waals surface area contributed by atoms with Crippen molar-refractivity contribution in [2.24, 2.45) is 0 Å². The van der Waals surface area contributed by atoms with Gasteiger partial charge < -0.3 is 10.1 Å². The maximum Gasteiger partial charge on any atom is 0.263 e. The minimum atomic E-state index is -0.209. The van der Waals surface area contributed by atoms with Crippen LogP contribution in [0, 0.1) is 13.8 Å². The maximum atomic E-state index is 12.3. The van der Waals surface area contributed by atoms with Gasteiger partial charge in [-0.15, -0.1) is 0 Å². The van der Waals surface area contributed by atoms with Crippen molar-refractivity contribution in [2.75, 3.05) is 11.9 Å². The molecule has 0 aliphatic carbocycles. The molecule has 2 aromatic carbocycles. The predicted octanol–water partition coefficient (Wildman–Crippen LogP) is 4.13. The van der Waals surface area contributed by atoms with Gasteiger partial charge in [0, 0.05) is 6.07 Å². The van der Waals surface area contributed by atoms with Crippen LogP contribution in [0.25, 0.3) is 0 Å². The number of carbonyl (C=O) groups excluding carboxylic acids is 1. The topological polar surface area (TPSA) is 56.2 Å². The van der Waals surface area contributed by atoms with Crippen LogP contribution in [-0.2, 0) is 17.8 Å². The number of amides is 1.